The molecule has 14 heteroatoms. The number of amides is 4. The van der Waals surface area contributed by atoms with Crippen LogP contribution in [0.3, 0.4) is 0 Å². The summed E-state index contributed by atoms with van der Waals surface area (Å²) >= 11 is 0. The minimum Gasteiger partial charge on any atom is -0.396 e. The highest BCUT2D eigenvalue weighted by Gasteiger charge is 2.58. The summed E-state index contributed by atoms with van der Waals surface area (Å²) in [5, 5.41) is 27.0. The van der Waals surface area contributed by atoms with Crippen LogP contribution in [0, 0.1) is 23.7 Å². The zero-order valence-electron chi connectivity index (χ0n) is 37.8. The van der Waals surface area contributed by atoms with E-state index < -0.39 is 47.8 Å². The molecular weight excluding hydrogens is 837 g/mol. The first-order valence-electron chi connectivity index (χ1n) is 23.2. The van der Waals surface area contributed by atoms with Gasteiger partial charge in [0.1, 0.15) is 0 Å². The van der Waals surface area contributed by atoms with Crippen molar-refractivity contribution in [2.45, 2.75) is 103 Å². The monoisotopic (exact) mass is 894 g/mol. The van der Waals surface area contributed by atoms with Crippen molar-refractivity contribution in [2.75, 3.05) is 13.2 Å². The van der Waals surface area contributed by atoms with Crippen LogP contribution < -0.4 is 21.8 Å². The van der Waals surface area contributed by atoms with Crippen molar-refractivity contribution in [1.29, 1.82) is 0 Å². The molecule has 4 bridgehead atoms. The van der Waals surface area contributed by atoms with Crippen LogP contribution in [0.2, 0.25) is 0 Å². The van der Waals surface area contributed by atoms with E-state index in [1.54, 1.807) is 43.2 Å². The Labute approximate surface area is 383 Å². The Balaban J connectivity index is 0.000000166. The SMILES string of the molecule is C/C=C/c1ccc2n(c1=O)C[C@H]1[C@H](CO)[C@@H](C(=O)NC3Cc4ccccc4C3)[C@@H]2N1C(C)=O.C/C=C\c1ccc2n(c1=O)C[C@H]1[C@H](CO)[C@@H](C(=O)NC3Cc4ccccc4C3)[C@@H]2N1C(C)=O. The van der Waals surface area contributed by atoms with Crippen LogP contribution in [-0.4, -0.2) is 90.2 Å². The molecule has 8 atom stereocenters. The number of benzene rings is 2. The van der Waals surface area contributed by atoms with Gasteiger partial charge in [-0.1, -0.05) is 72.8 Å². The van der Waals surface area contributed by atoms with Crippen LogP contribution in [-0.2, 0) is 58.0 Å². The number of carbonyl (C=O) groups is 4. The summed E-state index contributed by atoms with van der Waals surface area (Å²) < 4.78 is 3.37. The van der Waals surface area contributed by atoms with Crippen LogP contribution in [0.1, 0.15) is 84.5 Å². The molecule has 66 heavy (non-hydrogen) atoms. The number of rotatable bonds is 8. The number of allylic oxidation sites excluding steroid dienone is 2. The number of fused-ring (bicyclic) bond motifs is 10. The van der Waals surface area contributed by atoms with E-state index in [0.717, 1.165) is 25.7 Å². The van der Waals surface area contributed by atoms with Crippen LogP contribution in [0.4, 0.5) is 0 Å². The molecule has 0 unspecified atom stereocenters. The number of carbonyl (C=O) groups excluding carboxylic acids is 4. The second-order valence-corrected chi connectivity index (χ2v) is 18.6. The number of nitrogens with one attached hydrogen (secondary N) is 2. The van der Waals surface area contributed by atoms with Gasteiger partial charge in [0.05, 0.1) is 36.0 Å². The highest BCUT2D eigenvalue weighted by atomic mass is 16.3. The van der Waals surface area contributed by atoms with Gasteiger partial charge in [-0.3, -0.25) is 28.8 Å². The highest BCUT2D eigenvalue weighted by molar-refractivity contribution is 5.85. The third-order valence-electron chi connectivity index (χ3n) is 15.0. The first-order chi connectivity index (χ1) is 31.9. The summed E-state index contributed by atoms with van der Waals surface area (Å²) in [6.07, 6.45) is 10.2. The zero-order valence-corrected chi connectivity index (χ0v) is 37.8. The number of hydrogen-bond donors (Lipinski definition) is 4. The van der Waals surface area contributed by atoms with Gasteiger partial charge in [0, 0.05) is 86.6 Å². The topological polar surface area (TPSA) is 183 Å². The van der Waals surface area contributed by atoms with Gasteiger partial charge in [-0.05, 0) is 86.1 Å². The van der Waals surface area contributed by atoms with Crippen molar-refractivity contribution in [2.24, 2.45) is 23.7 Å². The molecule has 344 valence electrons. The fraction of sp³-hybridized carbons (Fsp3) is 0.423. The average Bonchev–Trinajstić information content (AvgIpc) is 4.03. The molecule has 2 aromatic heterocycles. The maximum atomic E-state index is 13.6. The normalized spacial score (nSPS) is 25.8. The molecule has 10 rings (SSSR count). The van der Waals surface area contributed by atoms with Gasteiger partial charge in [-0.25, -0.2) is 0 Å². The lowest BCUT2D eigenvalue weighted by Gasteiger charge is -2.37. The Hall–Kier alpha value is -6.38. The summed E-state index contributed by atoms with van der Waals surface area (Å²) in [5.74, 6) is -2.74. The van der Waals surface area contributed by atoms with Crippen molar-refractivity contribution < 1.29 is 29.4 Å². The smallest absolute Gasteiger partial charge is 0.258 e. The molecule has 4 N–H and O–H groups in total. The third-order valence-corrected chi connectivity index (χ3v) is 15.0. The molecule has 6 heterocycles. The van der Waals surface area contributed by atoms with Crippen molar-refractivity contribution in [3.05, 3.63) is 150 Å². The van der Waals surface area contributed by atoms with Gasteiger partial charge >= 0.3 is 0 Å². The molecule has 2 saturated heterocycles. The van der Waals surface area contributed by atoms with E-state index in [9.17, 15) is 39.0 Å². The van der Waals surface area contributed by atoms with E-state index in [2.05, 4.69) is 34.9 Å². The molecule has 2 fully saturated rings. The quantitative estimate of drug-likeness (QED) is 0.208. The van der Waals surface area contributed by atoms with Crippen molar-refractivity contribution >= 4 is 35.8 Å². The Bertz CT molecular complexity index is 2540. The third kappa shape index (κ3) is 7.63. The van der Waals surface area contributed by atoms with Crippen molar-refractivity contribution in [1.82, 2.24) is 29.6 Å². The summed E-state index contributed by atoms with van der Waals surface area (Å²) in [4.78, 5) is 82.3. The zero-order chi connectivity index (χ0) is 46.6. The highest BCUT2D eigenvalue weighted by Crippen LogP contribution is 2.50. The van der Waals surface area contributed by atoms with Crippen LogP contribution in [0.25, 0.3) is 12.2 Å². The van der Waals surface area contributed by atoms with Gasteiger partial charge in [0.2, 0.25) is 23.6 Å². The maximum absolute atomic E-state index is 13.6. The van der Waals surface area contributed by atoms with E-state index in [1.807, 2.05) is 62.4 Å². The standard InChI is InChI=1S/2C26H29N3O4/c2*1-3-6-16-9-10-21-24-23(25(32)27-19-11-17-7-4-5-8-18(17)12-19)20(14-30)22(29(24)15(2)31)13-28(21)26(16)33/h2*3-10,19-20,22-24,30H,11-14H2,1-2H3,(H,27,32)/b6-3+;6-3-/t2*20-,22-,23+,24+/m00/s1. The Morgan fingerprint density at radius 2 is 0.924 bits per heavy atom. The lowest BCUT2D eigenvalue weighted by molar-refractivity contribution is -0.136. The van der Waals surface area contributed by atoms with E-state index in [1.165, 1.54) is 36.1 Å². The largest absolute Gasteiger partial charge is 0.396 e. The molecule has 0 spiro atoms. The number of aromatic nitrogens is 2. The lowest BCUT2D eigenvalue weighted by Crippen LogP contribution is -2.48. The van der Waals surface area contributed by atoms with Crippen LogP contribution >= 0.6 is 0 Å². The Morgan fingerprint density at radius 1 is 0.576 bits per heavy atom. The second kappa shape index (κ2) is 18.1. The molecule has 2 aliphatic carbocycles. The second-order valence-electron chi connectivity index (χ2n) is 18.6. The lowest BCUT2D eigenvalue weighted by atomic mass is 9.86. The summed E-state index contributed by atoms with van der Waals surface area (Å²) in [5.41, 5.74) is 7.16. The van der Waals surface area contributed by atoms with E-state index >= 15 is 0 Å². The van der Waals surface area contributed by atoms with Gasteiger partial charge in [-0.2, -0.15) is 0 Å². The maximum Gasteiger partial charge on any atom is 0.258 e. The number of aliphatic hydroxyl groups excluding tert-OH is 2. The van der Waals surface area contributed by atoms with Gasteiger partial charge in [0.15, 0.2) is 0 Å². The van der Waals surface area contributed by atoms with E-state index in [0.29, 0.717) is 22.5 Å². The molecular formula is C52H58N6O8. The molecule has 0 saturated carbocycles. The van der Waals surface area contributed by atoms with Crippen LogP contribution in [0.15, 0.2) is 94.5 Å². The number of aliphatic hydroxyl groups is 2. The van der Waals surface area contributed by atoms with E-state index in [-0.39, 0.29) is 73.1 Å². The van der Waals surface area contributed by atoms with Gasteiger partial charge in [0.25, 0.3) is 11.1 Å². The van der Waals surface area contributed by atoms with E-state index in [4.69, 9.17) is 0 Å². The number of pyridine rings is 2. The average molecular weight is 895 g/mol. The summed E-state index contributed by atoms with van der Waals surface area (Å²) in [6.45, 7) is 6.80. The number of nitrogens with zero attached hydrogens (tertiary/aromatic N) is 4. The first-order valence-corrected chi connectivity index (χ1v) is 23.2. The fourth-order valence-corrected chi connectivity index (χ4v) is 12.2. The summed E-state index contributed by atoms with van der Waals surface area (Å²) in [6, 6.07) is 21.6. The molecule has 4 amide bonds. The molecule has 4 aromatic rings. The predicted molar refractivity (Wildman–Crippen MR) is 249 cm³/mol. The van der Waals surface area contributed by atoms with Gasteiger partial charge in [-0.15, -0.1) is 0 Å². The Morgan fingerprint density at radius 3 is 1.23 bits per heavy atom. The molecule has 0 radical (unpaired) electrons. The minimum atomic E-state index is -0.617. The summed E-state index contributed by atoms with van der Waals surface area (Å²) in [7, 11) is 0. The van der Waals surface area contributed by atoms with Crippen LogP contribution in [0.5, 0.6) is 0 Å². The molecule has 14 nitrogen and oxygen atoms in total. The molecule has 2 aromatic carbocycles. The number of hydrogen-bond acceptors (Lipinski definition) is 8. The Kier molecular flexibility index (Phi) is 12.3. The van der Waals surface area contributed by atoms with Gasteiger partial charge < -0.3 is 39.8 Å². The fourth-order valence-electron chi connectivity index (χ4n) is 12.2. The van der Waals surface area contributed by atoms with Crippen molar-refractivity contribution in [3.8, 4) is 0 Å². The van der Waals surface area contributed by atoms with Crippen molar-refractivity contribution in [3.63, 3.8) is 0 Å². The molecule has 6 aliphatic rings. The molecule has 4 aliphatic heterocycles. The first kappa shape index (κ1) is 44.8. The predicted octanol–water partition coefficient (Wildman–Crippen LogP) is 3.35. The minimum absolute atomic E-state index is 0.0141.